The van der Waals surface area contributed by atoms with E-state index in [0.717, 1.165) is 6.42 Å². The van der Waals surface area contributed by atoms with E-state index in [1.807, 2.05) is 13.8 Å². The number of nitrogens with zero attached hydrogens (tertiary/aromatic N) is 1. The minimum absolute atomic E-state index is 0.231. The fourth-order valence-corrected chi connectivity index (χ4v) is 3.05. The van der Waals surface area contributed by atoms with Crippen molar-refractivity contribution in [3.63, 3.8) is 0 Å². The van der Waals surface area contributed by atoms with E-state index in [0.29, 0.717) is 47.2 Å². The lowest BCUT2D eigenvalue weighted by Crippen LogP contribution is -2.34. The highest BCUT2D eigenvalue weighted by atomic mass is 16.5. The first kappa shape index (κ1) is 26.9. The van der Waals surface area contributed by atoms with Crippen molar-refractivity contribution in [2.75, 3.05) is 19.8 Å². The molecule has 9 nitrogen and oxygen atoms in total. The fourth-order valence-electron chi connectivity index (χ4n) is 3.05. The minimum atomic E-state index is -0.487. The summed E-state index contributed by atoms with van der Waals surface area (Å²) in [4.78, 5) is 36.5. The minimum Gasteiger partial charge on any atom is -0.494 e. The zero-order valence-corrected chi connectivity index (χ0v) is 20.7. The topological polar surface area (TPSA) is 115 Å². The van der Waals surface area contributed by atoms with Crippen molar-refractivity contribution >= 4 is 24.0 Å². The largest absolute Gasteiger partial charge is 0.494 e. The molecule has 2 amide bonds. The molecule has 0 aliphatic heterocycles. The summed E-state index contributed by atoms with van der Waals surface area (Å²) in [6.45, 7) is 4.82. The molecule has 3 aromatic rings. The molecule has 0 aliphatic rings. The first-order valence-corrected chi connectivity index (χ1v) is 11.9. The Bertz CT molecular complexity index is 1210. The summed E-state index contributed by atoms with van der Waals surface area (Å²) in [6.07, 6.45) is 2.33. The van der Waals surface area contributed by atoms with Gasteiger partial charge >= 0.3 is 5.97 Å². The van der Waals surface area contributed by atoms with Crippen LogP contribution in [-0.2, 0) is 4.79 Å². The van der Waals surface area contributed by atoms with Crippen LogP contribution in [0.15, 0.2) is 77.9 Å². The summed E-state index contributed by atoms with van der Waals surface area (Å²) >= 11 is 0. The highest BCUT2D eigenvalue weighted by molar-refractivity contribution is 5.96. The third-order valence-corrected chi connectivity index (χ3v) is 4.89. The standard InChI is InChI=1S/C28H29N3O6/c1-3-17-36-24-13-7-21(8-14-24)27(33)29-19-26(32)31-30-18-20-5-11-25(12-6-20)37-28(34)22-9-15-23(16-10-22)35-4-2/h5-16,18H,3-4,17,19H2,1-2H3,(H,29,33)(H,31,32). The van der Waals surface area contributed by atoms with Gasteiger partial charge in [0.05, 0.1) is 31.5 Å². The lowest BCUT2D eigenvalue weighted by Gasteiger charge is -2.07. The number of hydrogen-bond acceptors (Lipinski definition) is 7. The van der Waals surface area contributed by atoms with Crippen LogP contribution in [0, 0.1) is 0 Å². The van der Waals surface area contributed by atoms with E-state index in [1.54, 1.807) is 72.8 Å². The van der Waals surface area contributed by atoms with E-state index in [4.69, 9.17) is 14.2 Å². The smallest absolute Gasteiger partial charge is 0.343 e. The molecular weight excluding hydrogens is 474 g/mol. The van der Waals surface area contributed by atoms with Crippen molar-refractivity contribution < 1.29 is 28.6 Å². The summed E-state index contributed by atoms with van der Waals surface area (Å²) < 4.78 is 16.2. The second-order valence-corrected chi connectivity index (χ2v) is 7.76. The van der Waals surface area contributed by atoms with Gasteiger partial charge in [0.25, 0.3) is 11.8 Å². The maximum absolute atomic E-state index is 12.3. The molecule has 3 rings (SSSR count). The molecule has 0 spiro atoms. The maximum Gasteiger partial charge on any atom is 0.343 e. The molecule has 3 aromatic carbocycles. The van der Waals surface area contributed by atoms with Crippen molar-refractivity contribution in [2.24, 2.45) is 5.10 Å². The third-order valence-electron chi connectivity index (χ3n) is 4.89. The van der Waals surface area contributed by atoms with Crippen LogP contribution in [0.3, 0.4) is 0 Å². The summed E-state index contributed by atoms with van der Waals surface area (Å²) in [6, 6.07) is 20.0. The van der Waals surface area contributed by atoms with Gasteiger partial charge in [0.1, 0.15) is 17.2 Å². The molecule has 2 N–H and O–H groups in total. The molecule has 0 unspecified atom stereocenters. The fraction of sp³-hybridized carbons (Fsp3) is 0.214. The summed E-state index contributed by atoms with van der Waals surface area (Å²) in [5.41, 5.74) is 3.85. The van der Waals surface area contributed by atoms with Gasteiger partial charge < -0.3 is 19.5 Å². The number of esters is 1. The number of hydrazone groups is 1. The van der Waals surface area contributed by atoms with E-state index < -0.39 is 11.9 Å². The first-order valence-electron chi connectivity index (χ1n) is 11.9. The summed E-state index contributed by atoms with van der Waals surface area (Å²) in [7, 11) is 0. The normalized spacial score (nSPS) is 10.5. The Labute approximate surface area is 215 Å². The van der Waals surface area contributed by atoms with Gasteiger partial charge in [0.2, 0.25) is 0 Å². The van der Waals surface area contributed by atoms with Crippen molar-refractivity contribution in [2.45, 2.75) is 20.3 Å². The number of benzene rings is 3. The number of rotatable bonds is 12. The lowest BCUT2D eigenvalue weighted by molar-refractivity contribution is -0.120. The highest BCUT2D eigenvalue weighted by Gasteiger charge is 2.10. The van der Waals surface area contributed by atoms with E-state index in [2.05, 4.69) is 15.8 Å². The molecule has 0 aliphatic carbocycles. The number of carbonyl (C=O) groups is 3. The maximum atomic E-state index is 12.3. The Morgan fingerprint density at radius 3 is 2.00 bits per heavy atom. The molecule has 0 saturated carbocycles. The van der Waals surface area contributed by atoms with E-state index in [1.165, 1.54) is 6.21 Å². The first-order chi connectivity index (χ1) is 18.0. The zero-order valence-electron chi connectivity index (χ0n) is 20.7. The number of nitrogens with one attached hydrogen (secondary N) is 2. The van der Waals surface area contributed by atoms with Crippen LogP contribution in [0.1, 0.15) is 46.5 Å². The lowest BCUT2D eigenvalue weighted by atomic mass is 10.2. The number of amides is 2. The van der Waals surface area contributed by atoms with Gasteiger partial charge in [0, 0.05) is 5.56 Å². The molecule has 0 aromatic heterocycles. The second-order valence-electron chi connectivity index (χ2n) is 7.76. The quantitative estimate of drug-likeness (QED) is 0.167. The van der Waals surface area contributed by atoms with Crippen LogP contribution in [0.2, 0.25) is 0 Å². The van der Waals surface area contributed by atoms with Gasteiger partial charge in [-0.15, -0.1) is 0 Å². The van der Waals surface area contributed by atoms with Gasteiger partial charge in [-0.2, -0.15) is 5.10 Å². The summed E-state index contributed by atoms with van der Waals surface area (Å²) in [5.74, 6) is 0.390. The third kappa shape index (κ3) is 8.81. The van der Waals surface area contributed by atoms with E-state index in [9.17, 15) is 14.4 Å². The molecule has 0 radical (unpaired) electrons. The van der Waals surface area contributed by atoms with Crippen molar-refractivity contribution in [3.8, 4) is 17.2 Å². The number of carbonyl (C=O) groups excluding carboxylic acids is 3. The Kier molecular flexibility index (Phi) is 10.2. The Balaban J connectivity index is 1.41. The number of ether oxygens (including phenoxy) is 3. The Morgan fingerprint density at radius 1 is 0.784 bits per heavy atom. The Morgan fingerprint density at radius 2 is 1.38 bits per heavy atom. The molecule has 0 saturated heterocycles. The van der Waals surface area contributed by atoms with Crippen molar-refractivity contribution in [1.82, 2.24) is 10.7 Å². The van der Waals surface area contributed by atoms with Gasteiger partial charge in [-0.25, -0.2) is 10.2 Å². The van der Waals surface area contributed by atoms with Gasteiger partial charge in [-0.3, -0.25) is 9.59 Å². The Hall–Kier alpha value is -4.66. The molecule has 0 bridgehead atoms. The average molecular weight is 504 g/mol. The van der Waals surface area contributed by atoms with Crippen LogP contribution in [0.4, 0.5) is 0 Å². The van der Waals surface area contributed by atoms with Crippen molar-refractivity contribution in [1.29, 1.82) is 0 Å². The van der Waals surface area contributed by atoms with E-state index >= 15 is 0 Å². The molecule has 192 valence electrons. The second kappa shape index (κ2) is 14.0. The molecule has 0 atom stereocenters. The van der Waals surface area contributed by atoms with Crippen LogP contribution < -0.4 is 25.0 Å². The predicted octanol–water partition coefficient (Wildman–Crippen LogP) is 3.97. The zero-order chi connectivity index (χ0) is 26.5. The van der Waals surface area contributed by atoms with E-state index in [-0.39, 0.29) is 12.5 Å². The molecule has 0 heterocycles. The van der Waals surface area contributed by atoms with Crippen LogP contribution in [0.5, 0.6) is 17.2 Å². The van der Waals surface area contributed by atoms with Gasteiger partial charge in [-0.05, 0) is 91.7 Å². The summed E-state index contributed by atoms with van der Waals surface area (Å²) in [5, 5.41) is 6.42. The van der Waals surface area contributed by atoms with Crippen molar-refractivity contribution in [3.05, 3.63) is 89.5 Å². The van der Waals surface area contributed by atoms with Gasteiger partial charge in [0.15, 0.2) is 0 Å². The van der Waals surface area contributed by atoms with Crippen LogP contribution in [-0.4, -0.2) is 43.8 Å². The number of hydrogen-bond donors (Lipinski definition) is 2. The predicted molar refractivity (Wildman–Crippen MR) is 139 cm³/mol. The molecular formula is C28H29N3O6. The SMILES string of the molecule is CCCOc1ccc(C(=O)NCC(=O)NN=Cc2ccc(OC(=O)c3ccc(OCC)cc3)cc2)cc1. The molecule has 0 fully saturated rings. The highest BCUT2D eigenvalue weighted by Crippen LogP contribution is 2.16. The average Bonchev–Trinajstić information content (AvgIpc) is 2.92. The van der Waals surface area contributed by atoms with Crippen LogP contribution in [0.25, 0.3) is 0 Å². The molecule has 9 heteroatoms. The monoisotopic (exact) mass is 503 g/mol. The van der Waals surface area contributed by atoms with Gasteiger partial charge in [-0.1, -0.05) is 6.92 Å². The molecule has 37 heavy (non-hydrogen) atoms. The van der Waals surface area contributed by atoms with Crippen LogP contribution >= 0.6 is 0 Å².